The average molecular weight is 135 g/mol. The summed E-state index contributed by atoms with van der Waals surface area (Å²) in [7, 11) is 0. The molecule has 0 aliphatic carbocycles. The van der Waals surface area contributed by atoms with Gasteiger partial charge in [-0.25, -0.2) is 4.98 Å². The number of nitrogen functional groups attached to an aromatic ring is 1. The summed E-state index contributed by atoms with van der Waals surface area (Å²) < 4.78 is 0. The Morgan fingerprint density at radius 2 is 2.40 bits per heavy atom. The molecule has 0 aromatic carbocycles. The van der Waals surface area contributed by atoms with Crippen molar-refractivity contribution in [2.45, 2.75) is 0 Å². The predicted molar refractivity (Wildman–Crippen MR) is 35.0 cm³/mol. The highest BCUT2D eigenvalue weighted by Gasteiger charge is 2.02. The van der Waals surface area contributed by atoms with Crippen molar-refractivity contribution in [3.05, 3.63) is 18.0 Å². The van der Waals surface area contributed by atoms with Gasteiger partial charge in [0, 0.05) is 6.20 Å². The molecule has 50 valence electrons. The van der Waals surface area contributed by atoms with Crippen molar-refractivity contribution in [3.8, 4) is 11.8 Å². The third-order valence-electron chi connectivity index (χ3n) is 1.06. The van der Waals surface area contributed by atoms with Crippen LogP contribution >= 0.6 is 0 Å². The Balaban J connectivity index is 3.31. The highest BCUT2D eigenvalue weighted by molar-refractivity contribution is 5.56. The van der Waals surface area contributed by atoms with E-state index in [1.165, 1.54) is 12.3 Å². The number of hydrogen-bond acceptors (Lipinski definition) is 4. The summed E-state index contributed by atoms with van der Waals surface area (Å²) in [5.74, 6) is -0.245. The third kappa shape index (κ3) is 0.845. The topological polar surface area (TPSA) is 82.9 Å². The van der Waals surface area contributed by atoms with Crippen molar-refractivity contribution in [3.63, 3.8) is 0 Å². The number of anilines is 1. The molecule has 3 N–H and O–H groups in total. The summed E-state index contributed by atoms with van der Waals surface area (Å²) in [6.45, 7) is 0. The van der Waals surface area contributed by atoms with Crippen LogP contribution in [-0.2, 0) is 0 Å². The first-order valence-corrected chi connectivity index (χ1v) is 2.59. The van der Waals surface area contributed by atoms with Crippen molar-refractivity contribution < 1.29 is 5.11 Å². The second-order valence-corrected chi connectivity index (χ2v) is 1.71. The van der Waals surface area contributed by atoms with Gasteiger partial charge in [-0.15, -0.1) is 0 Å². The molecule has 0 unspecified atom stereocenters. The van der Waals surface area contributed by atoms with Gasteiger partial charge in [-0.2, -0.15) is 5.26 Å². The SMILES string of the molecule is N#Cc1nccc(N)c1O. The molecule has 10 heavy (non-hydrogen) atoms. The Bertz CT molecular complexity index is 290. The van der Waals surface area contributed by atoms with E-state index < -0.39 is 0 Å². The van der Waals surface area contributed by atoms with E-state index in [2.05, 4.69) is 4.98 Å². The molecule has 4 heteroatoms. The van der Waals surface area contributed by atoms with Crippen LogP contribution in [0.25, 0.3) is 0 Å². The Kier molecular flexibility index (Phi) is 1.42. The Morgan fingerprint density at radius 3 is 2.90 bits per heavy atom. The molecule has 4 nitrogen and oxygen atoms in total. The first kappa shape index (κ1) is 6.36. The molecule has 0 bridgehead atoms. The zero-order valence-electron chi connectivity index (χ0n) is 5.07. The van der Waals surface area contributed by atoms with Crippen LogP contribution in [0, 0.1) is 11.3 Å². The Labute approximate surface area is 57.5 Å². The van der Waals surface area contributed by atoms with E-state index in [0.29, 0.717) is 0 Å². The van der Waals surface area contributed by atoms with Gasteiger partial charge in [-0.3, -0.25) is 0 Å². The standard InChI is InChI=1S/C6H5N3O/c7-3-5-6(10)4(8)1-2-9-5/h1-2,10H,(H2,8,9). The summed E-state index contributed by atoms with van der Waals surface area (Å²) in [4.78, 5) is 3.57. The molecule has 1 rings (SSSR count). The summed E-state index contributed by atoms with van der Waals surface area (Å²) in [6.07, 6.45) is 1.37. The average Bonchev–Trinajstić information content (AvgIpc) is 1.95. The zero-order valence-corrected chi connectivity index (χ0v) is 5.07. The van der Waals surface area contributed by atoms with Crippen molar-refractivity contribution in [1.29, 1.82) is 5.26 Å². The fourth-order valence-electron chi connectivity index (χ4n) is 0.551. The molecule has 0 aliphatic rings. The molecular formula is C6H5N3O. The van der Waals surface area contributed by atoms with Gasteiger partial charge >= 0.3 is 0 Å². The maximum atomic E-state index is 8.99. The predicted octanol–water partition coefficient (Wildman–Crippen LogP) is 0.241. The van der Waals surface area contributed by atoms with Gasteiger partial charge in [0.2, 0.25) is 0 Å². The summed E-state index contributed by atoms with van der Waals surface area (Å²) >= 11 is 0. The number of pyridine rings is 1. The second-order valence-electron chi connectivity index (χ2n) is 1.71. The van der Waals surface area contributed by atoms with Gasteiger partial charge in [-0.05, 0) is 6.07 Å². The van der Waals surface area contributed by atoms with Gasteiger partial charge in [0.1, 0.15) is 6.07 Å². The van der Waals surface area contributed by atoms with Crippen LogP contribution in [0.15, 0.2) is 12.3 Å². The molecule has 0 amide bonds. The van der Waals surface area contributed by atoms with Gasteiger partial charge in [-0.1, -0.05) is 0 Å². The van der Waals surface area contributed by atoms with E-state index >= 15 is 0 Å². The molecule has 0 spiro atoms. The van der Waals surface area contributed by atoms with E-state index in [9.17, 15) is 0 Å². The minimum atomic E-state index is -0.245. The molecule has 0 radical (unpaired) electrons. The first-order valence-electron chi connectivity index (χ1n) is 2.59. The molecule has 0 saturated carbocycles. The summed E-state index contributed by atoms with van der Waals surface area (Å²) in [6, 6.07) is 3.12. The number of aromatic nitrogens is 1. The van der Waals surface area contributed by atoms with Crippen molar-refractivity contribution in [1.82, 2.24) is 4.98 Å². The van der Waals surface area contributed by atoms with Crippen LogP contribution in [0.5, 0.6) is 5.75 Å². The van der Waals surface area contributed by atoms with Crippen LogP contribution < -0.4 is 5.73 Å². The molecule has 1 aromatic heterocycles. The maximum absolute atomic E-state index is 8.99. The van der Waals surface area contributed by atoms with E-state index in [1.807, 2.05) is 0 Å². The fraction of sp³-hybridized carbons (Fsp3) is 0. The smallest absolute Gasteiger partial charge is 0.184 e. The number of aromatic hydroxyl groups is 1. The van der Waals surface area contributed by atoms with E-state index in [1.54, 1.807) is 6.07 Å². The maximum Gasteiger partial charge on any atom is 0.184 e. The fourth-order valence-corrected chi connectivity index (χ4v) is 0.551. The lowest BCUT2D eigenvalue weighted by Crippen LogP contribution is -1.89. The normalized spacial score (nSPS) is 8.70. The first-order chi connectivity index (χ1) is 4.75. The Morgan fingerprint density at radius 1 is 1.70 bits per heavy atom. The van der Waals surface area contributed by atoms with Crippen LogP contribution in [0.1, 0.15) is 5.69 Å². The van der Waals surface area contributed by atoms with Crippen molar-refractivity contribution in [2.75, 3.05) is 5.73 Å². The summed E-state index contributed by atoms with van der Waals surface area (Å²) in [5.41, 5.74) is 5.39. The van der Waals surface area contributed by atoms with Crippen molar-refractivity contribution in [2.24, 2.45) is 0 Å². The largest absolute Gasteiger partial charge is 0.503 e. The number of hydrogen-bond donors (Lipinski definition) is 2. The Hall–Kier alpha value is -1.76. The van der Waals surface area contributed by atoms with E-state index in [-0.39, 0.29) is 17.1 Å². The quantitative estimate of drug-likeness (QED) is 0.533. The molecule has 0 aliphatic heterocycles. The van der Waals surface area contributed by atoms with Gasteiger partial charge in [0.25, 0.3) is 0 Å². The van der Waals surface area contributed by atoms with Gasteiger partial charge in [0.05, 0.1) is 5.69 Å². The highest BCUT2D eigenvalue weighted by Crippen LogP contribution is 2.20. The monoisotopic (exact) mass is 135 g/mol. The van der Waals surface area contributed by atoms with Gasteiger partial charge < -0.3 is 10.8 Å². The molecular weight excluding hydrogens is 130 g/mol. The zero-order chi connectivity index (χ0) is 7.56. The molecule has 1 heterocycles. The third-order valence-corrected chi connectivity index (χ3v) is 1.06. The molecule has 0 atom stereocenters. The molecule has 0 fully saturated rings. The van der Waals surface area contributed by atoms with E-state index in [0.717, 1.165) is 0 Å². The van der Waals surface area contributed by atoms with Crippen LogP contribution in [-0.4, -0.2) is 10.1 Å². The van der Waals surface area contributed by atoms with Crippen LogP contribution in [0.4, 0.5) is 5.69 Å². The van der Waals surface area contributed by atoms with Crippen LogP contribution in [0.2, 0.25) is 0 Å². The van der Waals surface area contributed by atoms with E-state index in [4.69, 9.17) is 16.1 Å². The number of nitrogens with zero attached hydrogens (tertiary/aromatic N) is 2. The lowest BCUT2D eigenvalue weighted by molar-refractivity contribution is 0.473. The minimum absolute atomic E-state index is 0.0417. The number of nitrogens with two attached hydrogens (primary N) is 1. The highest BCUT2D eigenvalue weighted by atomic mass is 16.3. The lowest BCUT2D eigenvalue weighted by Gasteiger charge is -1.96. The van der Waals surface area contributed by atoms with Crippen molar-refractivity contribution >= 4 is 5.69 Å². The molecule has 0 saturated heterocycles. The molecule has 1 aromatic rings. The lowest BCUT2D eigenvalue weighted by atomic mass is 10.3. The minimum Gasteiger partial charge on any atom is -0.503 e. The number of rotatable bonds is 0. The number of nitriles is 1. The van der Waals surface area contributed by atoms with Gasteiger partial charge in [0.15, 0.2) is 11.4 Å². The summed E-state index contributed by atoms with van der Waals surface area (Å²) in [5, 5.41) is 17.3. The second kappa shape index (κ2) is 2.23. The van der Waals surface area contributed by atoms with Crippen LogP contribution in [0.3, 0.4) is 0 Å².